The Morgan fingerprint density at radius 3 is 2.84 bits per heavy atom. The van der Waals surface area contributed by atoms with Gasteiger partial charge in [0, 0.05) is 21.8 Å². The molecule has 0 saturated carbocycles. The van der Waals surface area contributed by atoms with Crippen molar-refractivity contribution in [1.29, 1.82) is 0 Å². The molecule has 0 radical (unpaired) electrons. The van der Waals surface area contributed by atoms with E-state index in [1.165, 1.54) is 0 Å². The van der Waals surface area contributed by atoms with Gasteiger partial charge in [-0.1, -0.05) is 11.6 Å². The number of halogens is 1. The first-order chi connectivity index (χ1) is 9.19. The summed E-state index contributed by atoms with van der Waals surface area (Å²) in [6.07, 6.45) is 3.10. The van der Waals surface area contributed by atoms with Crippen LogP contribution < -0.4 is 11.3 Å². The van der Waals surface area contributed by atoms with Gasteiger partial charge in [-0.25, -0.2) is 15.8 Å². The van der Waals surface area contributed by atoms with E-state index in [4.69, 9.17) is 17.4 Å². The standard InChI is InChI=1S/C14H15ClN4/c1-8-7-9(15)5-6-10(8)13-17-12-4-2-3-11(12)14(18-13)19-16/h5-7H,2-4,16H2,1H3,(H,17,18,19). The molecule has 0 bridgehead atoms. The Labute approximate surface area is 117 Å². The molecule has 1 heterocycles. The molecule has 0 saturated heterocycles. The second-order valence-corrected chi connectivity index (χ2v) is 5.21. The first-order valence-electron chi connectivity index (χ1n) is 6.32. The summed E-state index contributed by atoms with van der Waals surface area (Å²) in [6.45, 7) is 2.01. The number of benzene rings is 1. The molecule has 0 spiro atoms. The normalized spacial score (nSPS) is 13.4. The Morgan fingerprint density at radius 2 is 2.11 bits per heavy atom. The Morgan fingerprint density at radius 1 is 1.26 bits per heavy atom. The van der Waals surface area contributed by atoms with Crippen LogP contribution in [0.1, 0.15) is 23.2 Å². The van der Waals surface area contributed by atoms with Crippen molar-refractivity contribution in [2.24, 2.45) is 5.84 Å². The van der Waals surface area contributed by atoms with E-state index in [1.54, 1.807) is 0 Å². The molecule has 1 aliphatic carbocycles. The van der Waals surface area contributed by atoms with Crippen LogP contribution >= 0.6 is 11.6 Å². The molecule has 19 heavy (non-hydrogen) atoms. The molecule has 1 aromatic carbocycles. The average Bonchev–Trinajstić information content (AvgIpc) is 2.85. The summed E-state index contributed by atoms with van der Waals surface area (Å²) in [5.74, 6) is 7.02. The summed E-state index contributed by atoms with van der Waals surface area (Å²) in [7, 11) is 0. The minimum atomic E-state index is 0.711. The Balaban J connectivity index is 2.15. The van der Waals surface area contributed by atoms with E-state index in [1.807, 2.05) is 25.1 Å². The minimum absolute atomic E-state index is 0.711. The van der Waals surface area contributed by atoms with Gasteiger partial charge in [0.05, 0.1) is 0 Å². The van der Waals surface area contributed by atoms with Crippen molar-refractivity contribution in [3.63, 3.8) is 0 Å². The third kappa shape index (κ3) is 2.17. The van der Waals surface area contributed by atoms with Crippen LogP contribution in [0.15, 0.2) is 18.2 Å². The molecule has 98 valence electrons. The average molecular weight is 275 g/mol. The summed E-state index contributed by atoms with van der Waals surface area (Å²) < 4.78 is 0. The van der Waals surface area contributed by atoms with Crippen LogP contribution in [0.3, 0.4) is 0 Å². The van der Waals surface area contributed by atoms with E-state index < -0.39 is 0 Å². The number of hydrogen-bond donors (Lipinski definition) is 2. The Kier molecular flexibility index (Phi) is 3.12. The maximum atomic E-state index is 5.98. The van der Waals surface area contributed by atoms with Gasteiger partial charge in [-0.2, -0.15) is 0 Å². The molecule has 0 unspecified atom stereocenters. The zero-order valence-electron chi connectivity index (χ0n) is 10.7. The Hall–Kier alpha value is -1.65. The first-order valence-corrected chi connectivity index (χ1v) is 6.70. The van der Waals surface area contributed by atoms with E-state index in [-0.39, 0.29) is 0 Å². The van der Waals surface area contributed by atoms with Gasteiger partial charge < -0.3 is 5.43 Å². The number of anilines is 1. The van der Waals surface area contributed by atoms with Crippen molar-refractivity contribution in [1.82, 2.24) is 9.97 Å². The SMILES string of the molecule is Cc1cc(Cl)ccc1-c1nc2c(c(NN)n1)CCC2. The summed E-state index contributed by atoms with van der Waals surface area (Å²) >= 11 is 5.98. The second-order valence-electron chi connectivity index (χ2n) is 4.78. The summed E-state index contributed by atoms with van der Waals surface area (Å²) in [5.41, 5.74) is 7.01. The first kappa shape index (κ1) is 12.4. The third-order valence-electron chi connectivity index (χ3n) is 3.50. The maximum Gasteiger partial charge on any atom is 0.162 e. The number of rotatable bonds is 2. The van der Waals surface area contributed by atoms with Crippen molar-refractivity contribution < 1.29 is 0 Å². The van der Waals surface area contributed by atoms with Crippen LogP contribution in [0, 0.1) is 6.92 Å². The number of nitrogens with zero attached hydrogens (tertiary/aromatic N) is 2. The molecule has 3 N–H and O–H groups in total. The van der Waals surface area contributed by atoms with E-state index in [2.05, 4.69) is 15.4 Å². The fourth-order valence-electron chi connectivity index (χ4n) is 2.55. The largest absolute Gasteiger partial charge is 0.308 e. The number of aryl methyl sites for hydroxylation is 2. The summed E-state index contributed by atoms with van der Waals surface area (Å²) in [6, 6.07) is 5.73. The molecule has 1 aliphatic rings. The van der Waals surface area contributed by atoms with E-state index in [0.717, 1.165) is 52.5 Å². The molecule has 3 rings (SSSR count). The van der Waals surface area contributed by atoms with Crippen LogP contribution in [-0.2, 0) is 12.8 Å². The van der Waals surface area contributed by atoms with Crippen molar-refractivity contribution >= 4 is 17.4 Å². The van der Waals surface area contributed by atoms with E-state index in [9.17, 15) is 0 Å². The third-order valence-corrected chi connectivity index (χ3v) is 3.73. The number of hydrazine groups is 1. The van der Waals surface area contributed by atoms with Crippen molar-refractivity contribution in [3.8, 4) is 11.4 Å². The number of nitrogens with one attached hydrogen (secondary N) is 1. The smallest absolute Gasteiger partial charge is 0.162 e. The Bertz CT molecular complexity index is 640. The van der Waals surface area contributed by atoms with Gasteiger partial charge in [0.2, 0.25) is 0 Å². The fourth-order valence-corrected chi connectivity index (χ4v) is 2.78. The number of aromatic nitrogens is 2. The second kappa shape index (κ2) is 4.79. The van der Waals surface area contributed by atoms with Crippen LogP contribution in [0.2, 0.25) is 5.02 Å². The van der Waals surface area contributed by atoms with Crippen molar-refractivity contribution in [2.45, 2.75) is 26.2 Å². The van der Waals surface area contributed by atoms with Gasteiger partial charge in [-0.05, 0) is 49.9 Å². The molecular weight excluding hydrogens is 260 g/mol. The van der Waals surface area contributed by atoms with Crippen LogP contribution in [0.25, 0.3) is 11.4 Å². The van der Waals surface area contributed by atoms with Gasteiger partial charge >= 0.3 is 0 Å². The van der Waals surface area contributed by atoms with Crippen LogP contribution in [-0.4, -0.2) is 9.97 Å². The van der Waals surface area contributed by atoms with Gasteiger partial charge in [0.1, 0.15) is 5.82 Å². The zero-order chi connectivity index (χ0) is 13.4. The van der Waals surface area contributed by atoms with E-state index in [0.29, 0.717) is 5.82 Å². The lowest BCUT2D eigenvalue weighted by molar-refractivity contribution is 0.900. The van der Waals surface area contributed by atoms with Gasteiger partial charge in [-0.3, -0.25) is 0 Å². The predicted molar refractivity (Wildman–Crippen MR) is 77.1 cm³/mol. The van der Waals surface area contributed by atoms with Crippen LogP contribution in [0.4, 0.5) is 5.82 Å². The van der Waals surface area contributed by atoms with Crippen LogP contribution in [0.5, 0.6) is 0 Å². The quantitative estimate of drug-likeness (QED) is 0.653. The highest BCUT2D eigenvalue weighted by Crippen LogP contribution is 2.30. The number of nitrogen functional groups attached to an aromatic ring is 1. The van der Waals surface area contributed by atoms with E-state index >= 15 is 0 Å². The predicted octanol–water partition coefficient (Wildman–Crippen LogP) is 2.88. The lowest BCUT2D eigenvalue weighted by atomic mass is 10.1. The molecule has 5 heteroatoms. The fraction of sp³-hybridized carbons (Fsp3) is 0.286. The molecule has 0 fully saturated rings. The summed E-state index contributed by atoms with van der Waals surface area (Å²) in [5, 5.41) is 0.722. The lowest BCUT2D eigenvalue weighted by Gasteiger charge is -2.11. The molecule has 0 aliphatic heterocycles. The molecule has 2 aromatic rings. The molecule has 0 atom stereocenters. The topological polar surface area (TPSA) is 63.8 Å². The lowest BCUT2D eigenvalue weighted by Crippen LogP contribution is -2.13. The summed E-state index contributed by atoms with van der Waals surface area (Å²) in [4.78, 5) is 9.21. The van der Waals surface area contributed by atoms with Gasteiger partial charge in [0.15, 0.2) is 5.82 Å². The van der Waals surface area contributed by atoms with Gasteiger partial charge in [0.25, 0.3) is 0 Å². The van der Waals surface area contributed by atoms with Crippen molar-refractivity contribution in [2.75, 3.05) is 5.43 Å². The highest BCUT2D eigenvalue weighted by molar-refractivity contribution is 6.30. The van der Waals surface area contributed by atoms with Crippen molar-refractivity contribution in [3.05, 3.63) is 40.0 Å². The van der Waals surface area contributed by atoms with Gasteiger partial charge in [-0.15, -0.1) is 0 Å². The highest BCUT2D eigenvalue weighted by Gasteiger charge is 2.19. The molecule has 0 amide bonds. The minimum Gasteiger partial charge on any atom is -0.308 e. The molecular formula is C14H15ClN4. The maximum absolute atomic E-state index is 5.98. The number of fused-ring (bicyclic) bond motifs is 1. The number of nitrogens with two attached hydrogens (primary N) is 1. The molecule has 4 nitrogen and oxygen atoms in total. The highest BCUT2D eigenvalue weighted by atomic mass is 35.5. The number of hydrogen-bond acceptors (Lipinski definition) is 4. The zero-order valence-corrected chi connectivity index (χ0v) is 11.5. The molecule has 1 aromatic heterocycles. The monoisotopic (exact) mass is 274 g/mol.